The molecule has 0 fully saturated rings. The molecule has 1 N–H and O–H groups in total. The maximum Gasteiger partial charge on any atom is 0.0466 e. The lowest BCUT2D eigenvalue weighted by atomic mass is 10.2. The molecule has 0 aliphatic rings. The highest BCUT2D eigenvalue weighted by Crippen LogP contribution is 1.98. The molecule has 0 saturated carbocycles. The largest absolute Gasteiger partial charge is 0.381 e. The van der Waals surface area contributed by atoms with E-state index in [2.05, 4.69) is 19.2 Å². The van der Waals surface area contributed by atoms with Crippen molar-refractivity contribution in [3.63, 3.8) is 0 Å². The standard InChI is InChI=1S/C15H33NO/c1-3-5-8-12-16-13-9-7-11-15-17-14-10-6-4-2/h16H,3-15H2,1-2H3. The molecule has 0 aromatic rings. The van der Waals surface area contributed by atoms with Gasteiger partial charge >= 0.3 is 0 Å². The van der Waals surface area contributed by atoms with E-state index in [9.17, 15) is 0 Å². The molecule has 0 radical (unpaired) electrons. The van der Waals surface area contributed by atoms with Crippen molar-refractivity contribution in [1.29, 1.82) is 0 Å². The van der Waals surface area contributed by atoms with Crippen molar-refractivity contribution in [2.75, 3.05) is 26.3 Å². The van der Waals surface area contributed by atoms with E-state index in [1.807, 2.05) is 0 Å². The van der Waals surface area contributed by atoms with Gasteiger partial charge in [-0.25, -0.2) is 0 Å². The van der Waals surface area contributed by atoms with E-state index in [1.165, 1.54) is 70.9 Å². The average molecular weight is 243 g/mol. The van der Waals surface area contributed by atoms with Gasteiger partial charge in [-0.2, -0.15) is 0 Å². The summed E-state index contributed by atoms with van der Waals surface area (Å²) in [5.74, 6) is 0. The van der Waals surface area contributed by atoms with Crippen LogP contribution in [-0.4, -0.2) is 26.3 Å². The first-order chi connectivity index (χ1) is 8.41. The molecule has 17 heavy (non-hydrogen) atoms. The highest BCUT2D eigenvalue weighted by atomic mass is 16.5. The molecule has 0 aliphatic carbocycles. The molecule has 2 nitrogen and oxygen atoms in total. The van der Waals surface area contributed by atoms with Crippen molar-refractivity contribution in [2.24, 2.45) is 0 Å². The van der Waals surface area contributed by atoms with E-state index in [0.29, 0.717) is 0 Å². The summed E-state index contributed by atoms with van der Waals surface area (Å²) in [6.45, 7) is 8.78. The zero-order valence-corrected chi connectivity index (χ0v) is 12.1. The Morgan fingerprint density at radius 3 is 1.82 bits per heavy atom. The van der Waals surface area contributed by atoms with E-state index in [-0.39, 0.29) is 0 Å². The van der Waals surface area contributed by atoms with Crippen LogP contribution in [0.4, 0.5) is 0 Å². The molecular formula is C15H33NO. The van der Waals surface area contributed by atoms with Crippen LogP contribution in [-0.2, 0) is 4.74 Å². The molecule has 0 aromatic heterocycles. The summed E-state index contributed by atoms with van der Waals surface area (Å²) in [5.41, 5.74) is 0. The summed E-state index contributed by atoms with van der Waals surface area (Å²) in [6.07, 6.45) is 11.7. The maximum absolute atomic E-state index is 5.57. The van der Waals surface area contributed by atoms with Crippen molar-refractivity contribution in [1.82, 2.24) is 5.32 Å². The average Bonchev–Trinajstić information content (AvgIpc) is 2.35. The number of hydrogen-bond acceptors (Lipinski definition) is 2. The third-order valence-corrected chi connectivity index (χ3v) is 2.99. The third kappa shape index (κ3) is 15.9. The monoisotopic (exact) mass is 243 g/mol. The van der Waals surface area contributed by atoms with Gasteiger partial charge in [-0.05, 0) is 45.2 Å². The zero-order valence-electron chi connectivity index (χ0n) is 12.1. The molecule has 0 unspecified atom stereocenters. The molecule has 0 amide bonds. The minimum atomic E-state index is 0.958. The zero-order chi connectivity index (χ0) is 12.6. The van der Waals surface area contributed by atoms with E-state index >= 15 is 0 Å². The first-order valence-electron chi connectivity index (χ1n) is 7.70. The van der Waals surface area contributed by atoms with Crippen molar-refractivity contribution in [2.45, 2.75) is 71.6 Å². The Balaban J connectivity index is 2.85. The molecule has 104 valence electrons. The van der Waals surface area contributed by atoms with Gasteiger partial charge in [0.15, 0.2) is 0 Å². The molecular weight excluding hydrogens is 210 g/mol. The Labute approximate surface area is 109 Å². The van der Waals surface area contributed by atoms with Crippen molar-refractivity contribution >= 4 is 0 Å². The lowest BCUT2D eigenvalue weighted by molar-refractivity contribution is 0.126. The minimum Gasteiger partial charge on any atom is -0.381 e. The summed E-state index contributed by atoms with van der Waals surface area (Å²) < 4.78 is 5.57. The third-order valence-electron chi connectivity index (χ3n) is 2.99. The Bertz CT molecular complexity index is 114. The number of rotatable bonds is 14. The van der Waals surface area contributed by atoms with Gasteiger partial charge in [0, 0.05) is 13.2 Å². The molecule has 0 saturated heterocycles. The molecule has 0 bridgehead atoms. The highest BCUT2D eigenvalue weighted by Gasteiger charge is 1.92. The minimum absolute atomic E-state index is 0.958. The van der Waals surface area contributed by atoms with Gasteiger partial charge < -0.3 is 10.1 Å². The SMILES string of the molecule is CCCCCNCCCCCOCCCCC. The van der Waals surface area contributed by atoms with Crippen LogP contribution in [0, 0.1) is 0 Å². The summed E-state index contributed by atoms with van der Waals surface area (Å²) in [6, 6.07) is 0. The Kier molecular flexibility index (Phi) is 15.8. The number of unbranched alkanes of at least 4 members (excludes halogenated alkanes) is 6. The van der Waals surface area contributed by atoms with Gasteiger partial charge in [0.05, 0.1) is 0 Å². The van der Waals surface area contributed by atoms with E-state index in [4.69, 9.17) is 4.74 Å². The normalized spacial score (nSPS) is 10.9. The lowest BCUT2D eigenvalue weighted by Crippen LogP contribution is -2.16. The molecule has 0 heterocycles. The fraction of sp³-hybridized carbons (Fsp3) is 1.00. The summed E-state index contributed by atoms with van der Waals surface area (Å²) in [4.78, 5) is 0. The van der Waals surface area contributed by atoms with Gasteiger partial charge in [-0.15, -0.1) is 0 Å². The van der Waals surface area contributed by atoms with Crippen LogP contribution in [0.5, 0.6) is 0 Å². The van der Waals surface area contributed by atoms with Crippen LogP contribution in [0.1, 0.15) is 71.6 Å². The second-order valence-electron chi connectivity index (χ2n) is 4.84. The van der Waals surface area contributed by atoms with Crippen LogP contribution in [0.2, 0.25) is 0 Å². The Morgan fingerprint density at radius 1 is 0.647 bits per heavy atom. The quantitative estimate of drug-likeness (QED) is 0.463. The topological polar surface area (TPSA) is 21.3 Å². The van der Waals surface area contributed by atoms with Gasteiger partial charge in [-0.3, -0.25) is 0 Å². The fourth-order valence-electron chi connectivity index (χ4n) is 1.81. The maximum atomic E-state index is 5.57. The highest BCUT2D eigenvalue weighted by molar-refractivity contribution is 4.49. The predicted molar refractivity (Wildman–Crippen MR) is 76.6 cm³/mol. The van der Waals surface area contributed by atoms with E-state index in [0.717, 1.165) is 13.2 Å². The van der Waals surface area contributed by atoms with Crippen LogP contribution in [0.25, 0.3) is 0 Å². The van der Waals surface area contributed by atoms with Crippen molar-refractivity contribution in [3.8, 4) is 0 Å². The Morgan fingerprint density at radius 2 is 1.18 bits per heavy atom. The van der Waals surface area contributed by atoms with Gasteiger partial charge in [-0.1, -0.05) is 39.5 Å². The summed E-state index contributed by atoms with van der Waals surface area (Å²) in [5, 5.41) is 3.50. The molecule has 0 atom stereocenters. The van der Waals surface area contributed by atoms with Crippen LogP contribution in [0.3, 0.4) is 0 Å². The molecule has 0 rings (SSSR count). The van der Waals surface area contributed by atoms with E-state index < -0.39 is 0 Å². The summed E-state index contributed by atoms with van der Waals surface area (Å²) in [7, 11) is 0. The molecule has 0 spiro atoms. The van der Waals surface area contributed by atoms with Crippen LogP contribution in [0.15, 0.2) is 0 Å². The fourth-order valence-corrected chi connectivity index (χ4v) is 1.81. The first kappa shape index (κ1) is 16.9. The molecule has 0 aromatic carbocycles. The summed E-state index contributed by atoms with van der Waals surface area (Å²) >= 11 is 0. The lowest BCUT2D eigenvalue weighted by Gasteiger charge is -2.05. The van der Waals surface area contributed by atoms with Crippen LogP contribution < -0.4 is 5.32 Å². The van der Waals surface area contributed by atoms with Crippen molar-refractivity contribution < 1.29 is 4.74 Å². The predicted octanol–water partition coefficient (Wildman–Crippen LogP) is 4.14. The molecule has 2 heteroatoms. The number of hydrogen-bond donors (Lipinski definition) is 1. The van der Waals surface area contributed by atoms with Crippen LogP contribution >= 0.6 is 0 Å². The second-order valence-corrected chi connectivity index (χ2v) is 4.84. The first-order valence-corrected chi connectivity index (χ1v) is 7.70. The number of nitrogens with one attached hydrogen (secondary N) is 1. The van der Waals surface area contributed by atoms with Gasteiger partial charge in [0.1, 0.15) is 0 Å². The molecule has 0 aliphatic heterocycles. The van der Waals surface area contributed by atoms with Crippen molar-refractivity contribution in [3.05, 3.63) is 0 Å². The van der Waals surface area contributed by atoms with Gasteiger partial charge in [0.25, 0.3) is 0 Å². The van der Waals surface area contributed by atoms with E-state index in [1.54, 1.807) is 0 Å². The second kappa shape index (κ2) is 15.9. The Hall–Kier alpha value is -0.0800. The number of ether oxygens (including phenoxy) is 1. The smallest absolute Gasteiger partial charge is 0.0466 e. The van der Waals surface area contributed by atoms with Gasteiger partial charge in [0.2, 0.25) is 0 Å².